The lowest BCUT2D eigenvalue weighted by atomic mass is 10.1. The number of rotatable bonds is 6. The maximum absolute atomic E-state index is 13.4. The standard InChI is InChI=1S/C20H17N5O2/c26-20(18-9-2-1-8-17(18)19-22-14-23-24-19)25(13-16-7-5-11-27-16)12-15-6-3-4-10-21-15/h1-11,14H,12-13H2,(H,22,23,24). The van der Waals surface area contributed by atoms with E-state index in [1.165, 1.54) is 6.33 Å². The second-order valence-corrected chi connectivity index (χ2v) is 5.94. The van der Waals surface area contributed by atoms with Crippen LogP contribution in [0.1, 0.15) is 21.8 Å². The second kappa shape index (κ2) is 7.65. The summed E-state index contributed by atoms with van der Waals surface area (Å²) in [5.41, 5.74) is 2.04. The van der Waals surface area contributed by atoms with Gasteiger partial charge in [-0.2, -0.15) is 5.10 Å². The van der Waals surface area contributed by atoms with E-state index in [1.807, 2.05) is 42.5 Å². The van der Waals surface area contributed by atoms with E-state index in [0.29, 0.717) is 35.8 Å². The molecule has 1 aromatic carbocycles. The van der Waals surface area contributed by atoms with E-state index in [9.17, 15) is 4.79 Å². The number of furan rings is 1. The third kappa shape index (κ3) is 3.77. The van der Waals surface area contributed by atoms with Gasteiger partial charge in [-0.3, -0.25) is 14.9 Å². The zero-order chi connectivity index (χ0) is 18.5. The molecule has 0 saturated heterocycles. The summed E-state index contributed by atoms with van der Waals surface area (Å²) in [6.07, 6.45) is 4.74. The van der Waals surface area contributed by atoms with Crippen LogP contribution in [0.2, 0.25) is 0 Å². The molecule has 0 saturated carbocycles. The van der Waals surface area contributed by atoms with Gasteiger partial charge >= 0.3 is 0 Å². The van der Waals surface area contributed by atoms with Crippen LogP contribution in [0.25, 0.3) is 11.4 Å². The molecule has 134 valence electrons. The van der Waals surface area contributed by atoms with E-state index in [0.717, 1.165) is 5.69 Å². The van der Waals surface area contributed by atoms with Gasteiger partial charge in [0.2, 0.25) is 0 Å². The van der Waals surface area contributed by atoms with Gasteiger partial charge in [-0.05, 0) is 30.3 Å². The molecule has 0 aliphatic heterocycles. The lowest BCUT2D eigenvalue weighted by Gasteiger charge is -2.22. The minimum Gasteiger partial charge on any atom is -0.467 e. The highest BCUT2D eigenvalue weighted by Gasteiger charge is 2.22. The summed E-state index contributed by atoms with van der Waals surface area (Å²) in [5, 5.41) is 6.71. The highest BCUT2D eigenvalue weighted by molar-refractivity contribution is 6.00. The van der Waals surface area contributed by atoms with E-state index in [4.69, 9.17) is 4.42 Å². The van der Waals surface area contributed by atoms with Gasteiger partial charge in [0.05, 0.1) is 30.6 Å². The van der Waals surface area contributed by atoms with Crippen molar-refractivity contribution in [2.75, 3.05) is 0 Å². The van der Waals surface area contributed by atoms with E-state index < -0.39 is 0 Å². The Morgan fingerprint density at radius 3 is 2.63 bits per heavy atom. The van der Waals surface area contributed by atoms with Crippen LogP contribution >= 0.6 is 0 Å². The van der Waals surface area contributed by atoms with Crippen LogP contribution in [0.5, 0.6) is 0 Å². The summed E-state index contributed by atoms with van der Waals surface area (Å²) >= 11 is 0. The molecule has 0 spiro atoms. The molecule has 3 heterocycles. The van der Waals surface area contributed by atoms with Crippen molar-refractivity contribution >= 4 is 5.91 Å². The normalized spacial score (nSPS) is 10.7. The highest BCUT2D eigenvalue weighted by Crippen LogP contribution is 2.23. The van der Waals surface area contributed by atoms with Gasteiger partial charge in [0, 0.05) is 11.8 Å². The van der Waals surface area contributed by atoms with E-state index in [1.54, 1.807) is 29.5 Å². The van der Waals surface area contributed by atoms with Crippen molar-refractivity contribution in [3.05, 3.63) is 90.4 Å². The number of amides is 1. The maximum Gasteiger partial charge on any atom is 0.255 e. The Morgan fingerprint density at radius 1 is 1.00 bits per heavy atom. The fourth-order valence-corrected chi connectivity index (χ4v) is 2.86. The number of aromatic nitrogens is 4. The smallest absolute Gasteiger partial charge is 0.255 e. The first-order valence-electron chi connectivity index (χ1n) is 8.47. The lowest BCUT2D eigenvalue weighted by Crippen LogP contribution is -2.30. The summed E-state index contributed by atoms with van der Waals surface area (Å²) in [5.74, 6) is 1.12. The molecular weight excluding hydrogens is 342 g/mol. The van der Waals surface area contributed by atoms with Crippen molar-refractivity contribution in [1.29, 1.82) is 0 Å². The zero-order valence-electron chi connectivity index (χ0n) is 14.4. The molecule has 7 nitrogen and oxygen atoms in total. The van der Waals surface area contributed by atoms with Crippen LogP contribution in [-0.4, -0.2) is 31.0 Å². The van der Waals surface area contributed by atoms with Gasteiger partial charge in [0.25, 0.3) is 5.91 Å². The first-order chi connectivity index (χ1) is 13.3. The Labute approximate surface area is 155 Å². The third-order valence-corrected chi connectivity index (χ3v) is 4.12. The molecule has 27 heavy (non-hydrogen) atoms. The number of carbonyl (C=O) groups excluding carboxylic acids is 1. The zero-order valence-corrected chi connectivity index (χ0v) is 14.4. The summed E-state index contributed by atoms with van der Waals surface area (Å²) < 4.78 is 5.45. The molecule has 0 fully saturated rings. The summed E-state index contributed by atoms with van der Waals surface area (Å²) in [4.78, 5) is 23.6. The van der Waals surface area contributed by atoms with Gasteiger partial charge in [0.15, 0.2) is 5.82 Å². The Bertz CT molecular complexity index is 998. The Balaban J connectivity index is 1.68. The van der Waals surface area contributed by atoms with Crippen molar-refractivity contribution in [1.82, 2.24) is 25.1 Å². The molecule has 0 unspecified atom stereocenters. The SMILES string of the molecule is O=C(c1ccccc1-c1ncn[nH]1)N(Cc1ccccn1)Cc1ccco1. The molecule has 0 atom stereocenters. The van der Waals surface area contributed by atoms with Gasteiger partial charge in [-0.1, -0.05) is 24.3 Å². The van der Waals surface area contributed by atoms with Crippen LogP contribution in [0.4, 0.5) is 0 Å². The summed E-state index contributed by atoms with van der Waals surface area (Å²) in [6, 6.07) is 16.6. The van der Waals surface area contributed by atoms with Gasteiger partial charge < -0.3 is 9.32 Å². The third-order valence-electron chi connectivity index (χ3n) is 4.12. The maximum atomic E-state index is 13.4. The molecule has 0 aliphatic rings. The number of nitrogens with zero attached hydrogens (tertiary/aromatic N) is 4. The van der Waals surface area contributed by atoms with Gasteiger partial charge in [-0.25, -0.2) is 4.98 Å². The van der Waals surface area contributed by atoms with Crippen LogP contribution in [0.3, 0.4) is 0 Å². The number of pyridine rings is 1. The van der Waals surface area contributed by atoms with Gasteiger partial charge in [0.1, 0.15) is 12.1 Å². The Kier molecular flexibility index (Phi) is 4.74. The summed E-state index contributed by atoms with van der Waals surface area (Å²) in [7, 11) is 0. The number of nitrogens with one attached hydrogen (secondary N) is 1. The highest BCUT2D eigenvalue weighted by atomic mass is 16.3. The van der Waals surface area contributed by atoms with Crippen LogP contribution < -0.4 is 0 Å². The molecule has 7 heteroatoms. The fourth-order valence-electron chi connectivity index (χ4n) is 2.86. The molecule has 0 bridgehead atoms. The van der Waals surface area contributed by atoms with Crippen molar-refractivity contribution in [2.24, 2.45) is 0 Å². The number of carbonyl (C=O) groups is 1. The lowest BCUT2D eigenvalue weighted by molar-refractivity contribution is 0.0716. The molecule has 1 amide bonds. The molecule has 0 radical (unpaired) electrons. The number of benzene rings is 1. The number of H-pyrrole nitrogens is 1. The quantitative estimate of drug-likeness (QED) is 0.571. The van der Waals surface area contributed by atoms with Crippen molar-refractivity contribution < 1.29 is 9.21 Å². The largest absolute Gasteiger partial charge is 0.467 e. The Morgan fingerprint density at radius 2 is 1.89 bits per heavy atom. The van der Waals surface area contributed by atoms with Crippen LogP contribution in [0.15, 0.2) is 77.8 Å². The minimum atomic E-state index is -0.135. The van der Waals surface area contributed by atoms with E-state index in [2.05, 4.69) is 20.2 Å². The molecule has 4 aromatic rings. The van der Waals surface area contributed by atoms with Crippen LogP contribution in [-0.2, 0) is 13.1 Å². The Hall–Kier alpha value is -3.74. The van der Waals surface area contributed by atoms with Crippen molar-refractivity contribution in [3.63, 3.8) is 0 Å². The molecule has 1 N–H and O–H groups in total. The topological polar surface area (TPSA) is 87.9 Å². The van der Waals surface area contributed by atoms with Crippen molar-refractivity contribution in [3.8, 4) is 11.4 Å². The first kappa shape index (κ1) is 16.7. The first-order valence-corrected chi connectivity index (χ1v) is 8.47. The minimum absolute atomic E-state index is 0.135. The second-order valence-electron chi connectivity index (χ2n) is 5.94. The molecule has 3 aromatic heterocycles. The summed E-state index contributed by atoms with van der Waals surface area (Å²) in [6.45, 7) is 0.707. The van der Waals surface area contributed by atoms with Gasteiger partial charge in [-0.15, -0.1) is 0 Å². The predicted octanol–water partition coefficient (Wildman–Crippen LogP) is 3.30. The fraction of sp³-hybridized carbons (Fsp3) is 0.100. The average molecular weight is 359 g/mol. The number of hydrogen-bond acceptors (Lipinski definition) is 5. The molecular formula is C20H17N5O2. The molecule has 4 rings (SSSR count). The number of aromatic amines is 1. The monoisotopic (exact) mass is 359 g/mol. The van der Waals surface area contributed by atoms with E-state index >= 15 is 0 Å². The van der Waals surface area contributed by atoms with E-state index in [-0.39, 0.29) is 5.91 Å². The molecule has 0 aliphatic carbocycles. The predicted molar refractivity (Wildman–Crippen MR) is 98.3 cm³/mol. The van der Waals surface area contributed by atoms with Crippen molar-refractivity contribution in [2.45, 2.75) is 13.1 Å². The average Bonchev–Trinajstić information content (AvgIpc) is 3.42. The van der Waals surface area contributed by atoms with Crippen LogP contribution in [0, 0.1) is 0 Å². The number of hydrogen-bond donors (Lipinski definition) is 1.